The molecule has 1 atom stereocenters. The van der Waals surface area contributed by atoms with Crippen LogP contribution in [0.3, 0.4) is 0 Å². The molecule has 12 heavy (non-hydrogen) atoms. The van der Waals surface area contributed by atoms with E-state index in [2.05, 4.69) is 38.0 Å². The standard InChI is InChI=1S/C10H22N2/c1-5-6-10(4)12-8-7-11-9(2)3/h5,9-12H,1,6-8H2,2-4H3. The van der Waals surface area contributed by atoms with Crippen LogP contribution < -0.4 is 10.6 Å². The molecule has 0 fully saturated rings. The molecule has 2 N–H and O–H groups in total. The van der Waals surface area contributed by atoms with Crippen molar-refractivity contribution in [1.29, 1.82) is 0 Å². The highest BCUT2D eigenvalue weighted by molar-refractivity contribution is 4.74. The molecule has 0 aliphatic heterocycles. The van der Waals surface area contributed by atoms with Crippen molar-refractivity contribution in [3.63, 3.8) is 0 Å². The minimum absolute atomic E-state index is 0.552. The molecule has 0 bridgehead atoms. The van der Waals surface area contributed by atoms with Crippen molar-refractivity contribution in [3.05, 3.63) is 12.7 Å². The largest absolute Gasteiger partial charge is 0.313 e. The number of rotatable bonds is 7. The maximum Gasteiger partial charge on any atom is 0.00794 e. The van der Waals surface area contributed by atoms with Crippen molar-refractivity contribution in [1.82, 2.24) is 10.6 Å². The van der Waals surface area contributed by atoms with Gasteiger partial charge in [-0.05, 0) is 13.3 Å². The lowest BCUT2D eigenvalue weighted by Gasteiger charge is -2.13. The molecule has 0 spiro atoms. The summed E-state index contributed by atoms with van der Waals surface area (Å²) >= 11 is 0. The molecule has 2 heteroatoms. The van der Waals surface area contributed by atoms with Crippen LogP contribution in [-0.4, -0.2) is 25.2 Å². The van der Waals surface area contributed by atoms with Gasteiger partial charge >= 0.3 is 0 Å². The summed E-state index contributed by atoms with van der Waals surface area (Å²) in [6, 6.07) is 1.14. The lowest BCUT2D eigenvalue weighted by molar-refractivity contribution is 0.509. The summed E-state index contributed by atoms with van der Waals surface area (Å²) in [4.78, 5) is 0. The zero-order valence-corrected chi connectivity index (χ0v) is 8.56. The minimum atomic E-state index is 0.552. The van der Waals surface area contributed by atoms with Crippen molar-refractivity contribution in [2.24, 2.45) is 0 Å². The second-order valence-electron chi connectivity index (χ2n) is 3.49. The fourth-order valence-electron chi connectivity index (χ4n) is 1.01. The van der Waals surface area contributed by atoms with Gasteiger partial charge in [0.05, 0.1) is 0 Å². The van der Waals surface area contributed by atoms with Gasteiger partial charge in [0, 0.05) is 25.2 Å². The van der Waals surface area contributed by atoms with Crippen molar-refractivity contribution in [3.8, 4) is 0 Å². The van der Waals surface area contributed by atoms with Gasteiger partial charge < -0.3 is 10.6 Å². The highest BCUT2D eigenvalue weighted by Crippen LogP contribution is 1.88. The molecule has 1 unspecified atom stereocenters. The second-order valence-corrected chi connectivity index (χ2v) is 3.49. The Bertz CT molecular complexity index is 110. The van der Waals surface area contributed by atoms with Gasteiger partial charge in [-0.2, -0.15) is 0 Å². The van der Waals surface area contributed by atoms with Crippen molar-refractivity contribution >= 4 is 0 Å². The molecular formula is C10H22N2. The number of hydrogen-bond donors (Lipinski definition) is 2. The quantitative estimate of drug-likeness (QED) is 0.447. The molecule has 72 valence electrons. The van der Waals surface area contributed by atoms with E-state index in [1.807, 2.05) is 6.08 Å². The summed E-state index contributed by atoms with van der Waals surface area (Å²) in [5.41, 5.74) is 0. The van der Waals surface area contributed by atoms with E-state index in [0.717, 1.165) is 19.5 Å². The Morgan fingerprint density at radius 3 is 2.25 bits per heavy atom. The van der Waals surface area contributed by atoms with Crippen LogP contribution in [0, 0.1) is 0 Å². The van der Waals surface area contributed by atoms with Crippen LogP contribution in [0.2, 0.25) is 0 Å². The van der Waals surface area contributed by atoms with Gasteiger partial charge in [0.2, 0.25) is 0 Å². The average molecular weight is 170 g/mol. The van der Waals surface area contributed by atoms with E-state index in [4.69, 9.17) is 0 Å². The van der Waals surface area contributed by atoms with Gasteiger partial charge in [0.25, 0.3) is 0 Å². The first-order valence-corrected chi connectivity index (χ1v) is 4.74. The number of hydrogen-bond acceptors (Lipinski definition) is 2. The lowest BCUT2D eigenvalue weighted by atomic mass is 10.2. The molecule has 0 aromatic heterocycles. The van der Waals surface area contributed by atoms with Gasteiger partial charge in [-0.25, -0.2) is 0 Å². The van der Waals surface area contributed by atoms with E-state index < -0.39 is 0 Å². The van der Waals surface area contributed by atoms with E-state index >= 15 is 0 Å². The zero-order chi connectivity index (χ0) is 9.40. The monoisotopic (exact) mass is 170 g/mol. The van der Waals surface area contributed by atoms with Crippen LogP contribution in [0.25, 0.3) is 0 Å². The summed E-state index contributed by atoms with van der Waals surface area (Å²) in [5.74, 6) is 0. The summed E-state index contributed by atoms with van der Waals surface area (Å²) in [5, 5.41) is 6.76. The Balaban J connectivity index is 3.13. The van der Waals surface area contributed by atoms with Crippen LogP contribution in [0.5, 0.6) is 0 Å². The molecule has 0 saturated heterocycles. The van der Waals surface area contributed by atoms with E-state index in [9.17, 15) is 0 Å². The van der Waals surface area contributed by atoms with E-state index in [-0.39, 0.29) is 0 Å². The highest BCUT2D eigenvalue weighted by Gasteiger charge is 1.96. The predicted octanol–water partition coefficient (Wildman–Crippen LogP) is 1.54. The van der Waals surface area contributed by atoms with Crippen LogP contribution in [0.1, 0.15) is 27.2 Å². The van der Waals surface area contributed by atoms with Gasteiger partial charge in [0.1, 0.15) is 0 Å². The molecule has 2 nitrogen and oxygen atoms in total. The molecule has 0 amide bonds. The first kappa shape index (κ1) is 11.7. The second kappa shape index (κ2) is 7.32. The lowest BCUT2D eigenvalue weighted by Crippen LogP contribution is -2.35. The predicted molar refractivity (Wildman–Crippen MR) is 55.4 cm³/mol. The molecule has 0 radical (unpaired) electrons. The van der Waals surface area contributed by atoms with Gasteiger partial charge in [-0.15, -0.1) is 6.58 Å². The summed E-state index contributed by atoms with van der Waals surface area (Å²) < 4.78 is 0. The van der Waals surface area contributed by atoms with Crippen molar-refractivity contribution in [2.45, 2.75) is 39.3 Å². The third kappa shape index (κ3) is 7.76. The molecule has 0 aromatic rings. The molecule has 0 rings (SSSR count). The van der Waals surface area contributed by atoms with Crippen LogP contribution in [0.4, 0.5) is 0 Å². The smallest absolute Gasteiger partial charge is 0.00794 e. The Kier molecular flexibility index (Phi) is 7.11. The summed E-state index contributed by atoms with van der Waals surface area (Å²) in [6.45, 7) is 12.3. The SMILES string of the molecule is C=CCC(C)NCCNC(C)C. The van der Waals surface area contributed by atoms with Crippen LogP contribution in [-0.2, 0) is 0 Å². The Morgan fingerprint density at radius 1 is 1.17 bits per heavy atom. The van der Waals surface area contributed by atoms with Crippen LogP contribution in [0.15, 0.2) is 12.7 Å². The van der Waals surface area contributed by atoms with Crippen LogP contribution >= 0.6 is 0 Å². The van der Waals surface area contributed by atoms with Crippen molar-refractivity contribution < 1.29 is 0 Å². The molecule has 0 aliphatic rings. The fraction of sp³-hybridized carbons (Fsp3) is 0.800. The van der Waals surface area contributed by atoms with E-state index in [1.54, 1.807) is 0 Å². The molecule has 0 aliphatic carbocycles. The third-order valence-corrected chi connectivity index (χ3v) is 1.69. The van der Waals surface area contributed by atoms with Gasteiger partial charge in [-0.3, -0.25) is 0 Å². The molecular weight excluding hydrogens is 148 g/mol. The van der Waals surface area contributed by atoms with E-state index in [1.165, 1.54) is 0 Å². The summed E-state index contributed by atoms with van der Waals surface area (Å²) in [7, 11) is 0. The maximum absolute atomic E-state index is 3.70. The Morgan fingerprint density at radius 2 is 1.75 bits per heavy atom. The first-order chi connectivity index (χ1) is 5.66. The normalized spacial score (nSPS) is 13.3. The first-order valence-electron chi connectivity index (χ1n) is 4.74. The van der Waals surface area contributed by atoms with Crippen molar-refractivity contribution in [2.75, 3.05) is 13.1 Å². The Labute approximate surface area is 76.4 Å². The van der Waals surface area contributed by atoms with E-state index in [0.29, 0.717) is 12.1 Å². The number of nitrogens with one attached hydrogen (secondary N) is 2. The topological polar surface area (TPSA) is 24.1 Å². The molecule has 0 saturated carbocycles. The Hall–Kier alpha value is -0.340. The zero-order valence-electron chi connectivity index (χ0n) is 8.56. The summed E-state index contributed by atoms with van der Waals surface area (Å²) in [6.07, 6.45) is 3.00. The van der Waals surface area contributed by atoms with Gasteiger partial charge in [-0.1, -0.05) is 19.9 Å². The third-order valence-electron chi connectivity index (χ3n) is 1.69. The molecule has 0 aromatic carbocycles. The average Bonchev–Trinajstić information content (AvgIpc) is 1.98. The fourth-order valence-corrected chi connectivity index (χ4v) is 1.01. The highest BCUT2D eigenvalue weighted by atomic mass is 15.0. The maximum atomic E-state index is 3.70. The molecule has 0 heterocycles. The van der Waals surface area contributed by atoms with Gasteiger partial charge in [0.15, 0.2) is 0 Å². The minimum Gasteiger partial charge on any atom is -0.313 e.